The van der Waals surface area contributed by atoms with Gasteiger partial charge >= 0.3 is 5.97 Å². The van der Waals surface area contributed by atoms with Crippen molar-refractivity contribution in [3.63, 3.8) is 0 Å². The molecule has 0 radical (unpaired) electrons. The van der Waals surface area contributed by atoms with Gasteiger partial charge in [-0.05, 0) is 38.7 Å². The van der Waals surface area contributed by atoms with E-state index in [-0.39, 0.29) is 25.3 Å². The normalized spacial score (nSPS) is 23.2. The molecule has 2 rings (SSSR count). The van der Waals surface area contributed by atoms with Crippen LogP contribution in [-0.4, -0.2) is 46.2 Å². The van der Waals surface area contributed by atoms with Crippen LogP contribution >= 0.6 is 0 Å². The standard InChI is InChI=1S/C20H27NO4/c1-15(2)7-6-10-18(23)21-12-11-17(22)20(14-21,19(24)25)13-16-8-4-3-5-9-16/h3-5,7-9,17,22H,6,10-14H2,1-2H3,(H,24,25)/t17-,20+/m0/s1. The summed E-state index contributed by atoms with van der Waals surface area (Å²) in [6.45, 7) is 4.42. The third-order valence-electron chi connectivity index (χ3n) is 4.84. The SMILES string of the molecule is CC(C)=CCCC(=O)N1CC[C@H](O)[C@](Cc2ccccc2)(C(=O)O)C1. The maximum absolute atomic E-state index is 12.5. The minimum atomic E-state index is -1.36. The number of aliphatic carboxylic acids is 1. The van der Waals surface area contributed by atoms with E-state index in [0.717, 1.165) is 11.1 Å². The van der Waals surface area contributed by atoms with Crippen molar-refractivity contribution in [3.05, 3.63) is 47.5 Å². The highest BCUT2D eigenvalue weighted by molar-refractivity contribution is 5.80. The van der Waals surface area contributed by atoms with Crippen LogP contribution in [0.4, 0.5) is 0 Å². The number of amides is 1. The second kappa shape index (κ2) is 8.30. The lowest BCUT2D eigenvalue weighted by molar-refractivity contribution is -0.165. The van der Waals surface area contributed by atoms with E-state index >= 15 is 0 Å². The molecule has 0 aliphatic carbocycles. The molecule has 5 nitrogen and oxygen atoms in total. The van der Waals surface area contributed by atoms with Gasteiger partial charge in [-0.2, -0.15) is 0 Å². The molecule has 25 heavy (non-hydrogen) atoms. The van der Waals surface area contributed by atoms with E-state index in [1.54, 1.807) is 4.90 Å². The monoisotopic (exact) mass is 345 g/mol. The lowest BCUT2D eigenvalue weighted by atomic mass is 9.72. The van der Waals surface area contributed by atoms with Gasteiger partial charge in [-0.15, -0.1) is 0 Å². The predicted octanol–water partition coefficient (Wildman–Crippen LogP) is 2.64. The number of carboxylic acid groups (broad SMARTS) is 1. The first-order valence-electron chi connectivity index (χ1n) is 8.71. The summed E-state index contributed by atoms with van der Waals surface area (Å²) in [7, 11) is 0. The van der Waals surface area contributed by atoms with Gasteiger partial charge in [0.05, 0.1) is 6.10 Å². The summed E-state index contributed by atoms with van der Waals surface area (Å²) < 4.78 is 0. The molecule has 0 unspecified atom stereocenters. The van der Waals surface area contributed by atoms with Crippen LogP contribution in [-0.2, 0) is 16.0 Å². The minimum Gasteiger partial charge on any atom is -0.481 e. The van der Waals surface area contributed by atoms with Crippen molar-refractivity contribution in [3.8, 4) is 0 Å². The van der Waals surface area contributed by atoms with Crippen molar-refractivity contribution in [2.24, 2.45) is 5.41 Å². The molecule has 2 N–H and O–H groups in total. The van der Waals surface area contributed by atoms with E-state index in [4.69, 9.17) is 0 Å². The largest absolute Gasteiger partial charge is 0.481 e. The fraction of sp³-hybridized carbons (Fsp3) is 0.500. The fourth-order valence-electron chi connectivity index (χ4n) is 3.35. The molecule has 0 bridgehead atoms. The van der Waals surface area contributed by atoms with Crippen molar-refractivity contribution in [2.75, 3.05) is 13.1 Å². The number of allylic oxidation sites excluding steroid dienone is 2. The smallest absolute Gasteiger partial charge is 0.314 e. The van der Waals surface area contributed by atoms with Crippen LogP contribution in [0.25, 0.3) is 0 Å². The maximum atomic E-state index is 12.5. The van der Waals surface area contributed by atoms with Crippen LogP contribution in [0.3, 0.4) is 0 Å². The molecule has 1 saturated heterocycles. The topological polar surface area (TPSA) is 77.8 Å². The highest BCUT2D eigenvalue weighted by Gasteiger charge is 2.50. The van der Waals surface area contributed by atoms with E-state index < -0.39 is 17.5 Å². The summed E-state index contributed by atoms with van der Waals surface area (Å²) in [6.07, 6.45) is 2.55. The summed E-state index contributed by atoms with van der Waals surface area (Å²) in [5.74, 6) is -1.10. The van der Waals surface area contributed by atoms with E-state index in [2.05, 4.69) is 0 Å². The van der Waals surface area contributed by atoms with Crippen LogP contribution in [0, 0.1) is 5.41 Å². The first-order chi connectivity index (χ1) is 11.8. The third kappa shape index (κ3) is 4.69. The van der Waals surface area contributed by atoms with Gasteiger partial charge in [0.25, 0.3) is 0 Å². The average Bonchev–Trinajstić information content (AvgIpc) is 2.57. The molecule has 0 saturated carbocycles. The summed E-state index contributed by atoms with van der Waals surface area (Å²) in [4.78, 5) is 26.1. The molecule has 1 fully saturated rings. The number of aliphatic hydroxyl groups excluding tert-OH is 1. The van der Waals surface area contributed by atoms with Gasteiger partial charge in [-0.1, -0.05) is 42.0 Å². The Bertz CT molecular complexity index is 636. The van der Waals surface area contributed by atoms with Gasteiger partial charge in [0.15, 0.2) is 0 Å². The fourth-order valence-corrected chi connectivity index (χ4v) is 3.35. The van der Waals surface area contributed by atoms with E-state index in [9.17, 15) is 19.8 Å². The molecule has 1 aliphatic rings. The first-order valence-corrected chi connectivity index (χ1v) is 8.71. The molecule has 1 aromatic rings. The number of nitrogens with zero attached hydrogens (tertiary/aromatic N) is 1. The number of rotatable bonds is 6. The Morgan fingerprint density at radius 2 is 1.96 bits per heavy atom. The van der Waals surface area contributed by atoms with Gasteiger partial charge < -0.3 is 15.1 Å². The zero-order valence-corrected chi connectivity index (χ0v) is 14.9. The molecule has 136 valence electrons. The van der Waals surface area contributed by atoms with Crippen LogP contribution in [0.2, 0.25) is 0 Å². The summed E-state index contributed by atoms with van der Waals surface area (Å²) in [5, 5.41) is 20.3. The molecule has 1 aliphatic heterocycles. The molecule has 0 spiro atoms. The molecule has 0 aromatic heterocycles. The van der Waals surface area contributed by atoms with Crippen LogP contribution in [0.5, 0.6) is 0 Å². The number of hydrogen-bond acceptors (Lipinski definition) is 3. The lowest BCUT2D eigenvalue weighted by Gasteiger charge is -2.43. The highest BCUT2D eigenvalue weighted by atomic mass is 16.4. The van der Waals surface area contributed by atoms with Gasteiger partial charge in [0.1, 0.15) is 5.41 Å². The molecular formula is C20H27NO4. The number of piperidine rings is 1. The Kier molecular flexibility index (Phi) is 6.37. The maximum Gasteiger partial charge on any atom is 0.314 e. The van der Waals surface area contributed by atoms with Crippen molar-refractivity contribution in [1.29, 1.82) is 0 Å². The predicted molar refractivity (Wildman–Crippen MR) is 96.1 cm³/mol. The number of aliphatic hydroxyl groups is 1. The minimum absolute atomic E-state index is 0.0477. The first kappa shape index (κ1) is 19.2. The summed E-state index contributed by atoms with van der Waals surface area (Å²) in [5.41, 5.74) is 0.653. The average molecular weight is 345 g/mol. The number of likely N-dealkylation sites (tertiary alicyclic amines) is 1. The Morgan fingerprint density at radius 1 is 1.28 bits per heavy atom. The molecule has 1 amide bonds. The highest BCUT2D eigenvalue weighted by Crippen LogP contribution is 2.35. The van der Waals surface area contributed by atoms with Gasteiger partial charge in [-0.25, -0.2) is 0 Å². The number of hydrogen-bond donors (Lipinski definition) is 2. The Hall–Kier alpha value is -2.14. The quantitative estimate of drug-likeness (QED) is 0.777. The second-order valence-electron chi connectivity index (χ2n) is 7.06. The van der Waals surface area contributed by atoms with Crippen molar-refractivity contribution in [2.45, 2.75) is 45.6 Å². The Balaban J connectivity index is 2.16. The molecule has 1 aromatic carbocycles. The van der Waals surface area contributed by atoms with Crippen molar-refractivity contribution >= 4 is 11.9 Å². The van der Waals surface area contributed by atoms with Gasteiger partial charge in [-0.3, -0.25) is 9.59 Å². The second-order valence-corrected chi connectivity index (χ2v) is 7.06. The Morgan fingerprint density at radius 3 is 2.56 bits per heavy atom. The van der Waals surface area contributed by atoms with E-state index in [1.165, 1.54) is 0 Å². The number of carbonyl (C=O) groups is 2. The Labute approximate surface area is 149 Å². The number of carboxylic acids is 1. The van der Waals surface area contributed by atoms with Crippen LogP contribution in [0.15, 0.2) is 42.0 Å². The van der Waals surface area contributed by atoms with Crippen LogP contribution < -0.4 is 0 Å². The van der Waals surface area contributed by atoms with Gasteiger partial charge in [0, 0.05) is 19.5 Å². The van der Waals surface area contributed by atoms with Gasteiger partial charge in [0.2, 0.25) is 5.91 Å². The van der Waals surface area contributed by atoms with Crippen LogP contribution in [0.1, 0.15) is 38.7 Å². The number of benzene rings is 1. The molecule has 1 heterocycles. The number of carbonyl (C=O) groups excluding carboxylic acids is 1. The lowest BCUT2D eigenvalue weighted by Crippen LogP contribution is -2.58. The van der Waals surface area contributed by atoms with Crippen molar-refractivity contribution in [1.82, 2.24) is 4.90 Å². The van der Waals surface area contributed by atoms with E-state index in [0.29, 0.717) is 19.4 Å². The van der Waals surface area contributed by atoms with E-state index in [1.807, 2.05) is 50.3 Å². The zero-order valence-electron chi connectivity index (χ0n) is 14.9. The summed E-state index contributed by atoms with van der Waals surface area (Å²) >= 11 is 0. The summed E-state index contributed by atoms with van der Waals surface area (Å²) in [6, 6.07) is 9.28. The molecule has 5 heteroatoms. The zero-order chi connectivity index (χ0) is 18.4. The third-order valence-corrected chi connectivity index (χ3v) is 4.84. The molecular weight excluding hydrogens is 318 g/mol. The molecule has 2 atom stereocenters. The van der Waals surface area contributed by atoms with Crippen molar-refractivity contribution < 1.29 is 19.8 Å².